The minimum Gasteiger partial charge on any atom is -0.497 e. The molecule has 1 N–H and O–H groups in total. The molecule has 4 heteroatoms. The van der Waals surface area contributed by atoms with Gasteiger partial charge >= 0.3 is 5.97 Å². The van der Waals surface area contributed by atoms with Crippen LogP contribution >= 0.6 is 11.8 Å². The smallest absolute Gasteiger partial charge is 0.304 e. The highest BCUT2D eigenvalue weighted by atomic mass is 32.2. The number of benzene rings is 2. The van der Waals surface area contributed by atoms with E-state index >= 15 is 0 Å². The molecule has 0 aliphatic carbocycles. The van der Waals surface area contributed by atoms with Crippen LogP contribution in [0.5, 0.6) is 5.75 Å². The zero-order valence-corrected chi connectivity index (χ0v) is 12.0. The van der Waals surface area contributed by atoms with Crippen molar-refractivity contribution in [2.45, 2.75) is 16.6 Å². The lowest BCUT2D eigenvalue weighted by Crippen LogP contribution is -2.03. The summed E-state index contributed by atoms with van der Waals surface area (Å²) in [4.78, 5) is 12.1. The second-order valence-corrected chi connectivity index (χ2v) is 5.57. The zero-order chi connectivity index (χ0) is 14.4. The Hall–Kier alpha value is -1.94. The summed E-state index contributed by atoms with van der Waals surface area (Å²) in [7, 11) is 1.62. The van der Waals surface area contributed by atoms with Crippen LogP contribution in [0.25, 0.3) is 0 Å². The van der Waals surface area contributed by atoms with E-state index in [9.17, 15) is 4.79 Å². The van der Waals surface area contributed by atoms with Crippen molar-refractivity contribution < 1.29 is 14.6 Å². The molecule has 3 nitrogen and oxygen atoms in total. The molecule has 1 unspecified atom stereocenters. The Morgan fingerprint density at radius 3 is 2.35 bits per heavy atom. The van der Waals surface area contributed by atoms with E-state index in [0.29, 0.717) is 0 Å². The Labute approximate surface area is 122 Å². The van der Waals surface area contributed by atoms with Crippen LogP contribution in [0.15, 0.2) is 59.5 Å². The van der Waals surface area contributed by atoms with Crippen molar-refractivity contribution in [3.05, 3.63) is 60.2 Å². The summed E-state index contributed by atoms with van der Waals surface area (Å²) in [6, 6.07) is 17.4. The fourth-order valence-corrected chi connectivity index (χ4v) is 3.01. The number of rotatable bonds is 6. The summed E-state index contributed by atoms with van der Waals surface area (Å²) in [5, 5.41) is 8.98. The van der Waals surface area contributed by atoms with E-state index in [-0.39, 0.29) is 11.7 Å². The minimum atomic E-state index is -0.792. The lowest BCUT2D eigenvalue weighted by Gasteiger charge is -2.15. The number of ether oxygens (including phenoxy) is 1. The van der Waals surface area contributed by atoms with E-state index in [0.717, 1.165) is 16.2 Å². The van der Waals surface area contributed by atoms with Crippen molar-refractivity contribution in [3.63, 3.8) is 0 Å². The Morgan fingerprint density at radius 1 is 1.15 bits per heavy atom. The van der Waals surface area contributed by atoms with Gasteiger partial charge in [-0.05, 0) is 29.8 Å². The fourth-order valence-electron chi connectivity index (χ4n) is 1.87. The van der Waals surface area contributed by atoms with E-state index < -0.39 is 5.97 Å². The minimum absolute atomic E-state index is 0.0953. The zero-order valence-electron chi connectivity index (χ0n) is 11.2. The highest BCUT2D eigenvalue weighted by Gasteiger charge is 2.16. The molecule has 0 bridgehead atoms. The van der Waals surface area contributed by atoms with Gasteiger partial charge in [-0.2, -0.15) is 0 Å². The predicted octanol–water partition coefficient (Wildman–Crippen LogP) is 4.00. The Morgan fingerprint density at radius 2 is 1.80 bits per heavy atom. The van der Waals surface area contributed by atoms with Crippen LogP contribution in [0.3, 0.4) is 0 Å². The van der Waals surface area contributed by atoms with Crippen molar-refractivity contribution in [1.29, 1.82) is 0 Å². The van der Waals surface area contributed by atoms with Gasteiger partial charge < -0.3 is 9.84 Å². The van der Waals surface area contributed by atoms with E-state index in [2.05, 4.69) is 0 Å². The third-order valence-electron chi connectivity index (χ3n) is 2.87. The first-order valence-corrected chi connectivity index (χ1v) is 7.14. The van der Waals surface area contributed by atoms with Crippen molar-refractivity contribution in [1.82, 2.24) is 0 Å². The van der Waals surface area contributed by atoms with Crippen LogP contribution in [-0.2, 0) is 4.79 Å². The number of carbonyl (C=O) groups is 1. The summed E-state index contributed by atoms with van der Waals surface area (Å²) in [5.41, 5.74) is 1.02. The van der Waals surface area contributed by atoms with Gasteiger partial charge in [0.15, 0.2) is 0 Å². The second kappa shape index (κ2) is 7.01. The molecule has 0 amide bonds. The highest BCUT2D eigenvalue weighted by Crippen LogP contribution is 2.38. The summed E-state index contributed by atoms with van der Waals surface area (Å²) in [6.45, 7) is 0. The van der Waals surface area contributed by atoms with Gasteiger partial charge in [0.05, 0.1) is 13.5 Å². The Kier molecular flexibility index (Phi) is 5.07. The van der Waals surface area contributed by atoms with Gasteiger partial charge in [0.2, 0.25) is 0 Å². The largest absolute Gasteiger partial charge is 0.497 e. The molecule has 0 saturated heterocycles. The molecule has 0 radical (unpaired) electrons. The van der Waals surface area contributed by atoms with Crippen molar-refractivity contribution in [3.8, 4) is 5.75 Å². The lowest BCUT2D eigenvalue weighted by molar-refractivity contribution is -0.137. The molecule has 0 spiro atoms. The Balaban J connectivity index is 2.16. The van der Waals surface area contributed by atoms with E-state index in [4.69, 9.17) is 9.84 Å². The first-order chi connectivity index (χ1) is 9.69. The number of carboxylic acid groups (broad SMARTS) is 1. The number of methoxy groups -OCH3 is 1. The summed E-state index contributed by atoms with van der Waals surface area (Å²) in [5.74, 6) is 0.00344. The number of aliphatic carboxylic acids is 1. The summed E-state index contributed by atoms with van der Waals surface area (Å²) >= 11 is 1.55. The molecule has 0 heterocycles. The van der Waals surface area contributed by atoms with Crippen LogP contribution in [0.4, 0.5) is 0 Å². The van der Waals surface area contributed by atoms with E-state index in [1.54, 1.807) is 18.9 Å². The second-order valence-electron chi connectivity index (χ2n) is 4.29. The number of thioether (sulfide) groups is 1. The standard InChI is InChI=1S/C16H16O3S/c1-19-13-7-9-14(10-8-13)20-15(11-16(17)18)12-5-3-2-4-6-12/h2-10,15H,11H2,1H3,(H,17,18). The van der Waals surface area contributed by atoms with Gasteiger partial charge in [-0.3, -0.25) is 4.79 Å². The van der Waals surface area contributed by atoms with E-state index in [1.807, 2.05) is 54.6 Å². The van der Waals surface area contributed by atoms with Crippen molar-refractivity contribution >= 4 is 17.7 Å². The van der Waals surface area contributed by atoms with E-state index in [1.165, 1.54) is 0 Å². The van der Waals surface area contributed by atoms with Crippen LogP contribution in [0.1, 0.15) is 17.2 Å². The van der Waals surface area contributed by atoms with Crippen LogP contribution < -0.4 is 4.74 Å². The monoisotopic (exact) mass is 288 g/mol. The van der Waals surface area contributed by atoms with Gasteiger partial charge in [-0.25, -0.2) is 0 Å². The molecule has 104 valence electrons. The molecule has 0 saturated carbocycles. The molecular weight excluding hydrogens is 272 g/mol. The molecule has 2 aromatic carbocycles. The lowest BCUT2D eigenvalue weighted by atomic mass is 10.1. The normalized spacial score (nSPS) is 11.8. The number of hydrogen-bond donors (Lipinski definition) is 1. The third-order valence-corrected chi connectivity index (χ3v) is 4.14. The maximum atomic E-state index is 11.0. The average Bonchev–Trinajstić information content (AvgIpc) is 2.48. The predicted molar refractivity (Wildman–Crippen MR) is 80.3 cm³/mol. The summed E-state index contributed by atoms with van der Waals surface area (Å²) < 4.78 is 5.12. The average molecular weight is 288 g/mol. The van der Waals surface area contributed by atoms with Crippen molar-refractivity contribution in [2.24, 2.45) is 0 Å². The van der Waals surface area contributed by atoms with Gasteiger partial charge in [-0.15, -0.1) is 11.8 Å². The summed E-state index contributed by atoms with van der Waals surface area (Å²) in [6.07, 6.45) is 0.0979. The molecular formula is C16H16O3S. The first-order valence-electron chi connectivity index (χ1n) is 6.26. The third kappa shape index (κ3) is 4.03. The molecule has 2 rings (SSSR count). The molecule has 1 atom stereocenters. The maximum absolute atomic E-state index is 11.0. The quantitative estimate of drug-likeness (QED) is 0.816. The molecule has 0 aliphatic rings. The van der Waals surface area contributed by atoms with Crippen LogP contribution in [-0.4, -0.2) is 18.2 Å². The maximum Gasteiger partial charge on any atom is 0.304 e. The molecule has 0 aliphatic heterocycles. The molecule has 0 fully saturated rings. The SMILES string of the molecule is COc1ccc(SC(CC(=O)O)c2ccccc2)cc1. The number of carboxylic acids is 1. The molecule has 2 aromatic rings. The van der Waals surface area contributed by atoms with Gasteiger partial charge in [0.1, 0.15) is 5.75 Å². The van der Waals surface area contributed by atoms with Crippen LogP contribution in [0.2, 0.25) is 0 Å². The highest BCUT2D eigenvalue weighted by molar-refractivity contribution is 7.99. The fraction of sp³-hybridized carbons (Fsp3) is 0.188. The van der Waals surface area contributed by atoms with Crippen molar-refractivity contribution in [2.75, 3.05) is 7.11 Å². The molecule has 20 heavy (non-hydrogen) atoms. The number of hydrogen-bond acceptors (Lipinski definition) is 3. The Bertz CT molecular complexity index is 552. The first kappa shape index (κ1) is 14.5. The van der Waals surface area contributed by atoms with Gasteiger partial charge in [0.25, 0.3) is 0 Å². The topological polar surface area (TPSA) is 46.5 Å². The van der Waals surface area contributed by atoms with Crippen LogP contribution in [0, 0.1) is 0 Å². The van der Waals surface area contributed by atoms with Gasteiger partial charge in [0, 0.05) is 10.1 Å². The van der Waals surface area contributed by atoms with Gasteiger partial charge in [-0.1, -0.05) is 30.3 Å². The molecule has 0 aromatic heterocycles.